The van der Waals surface area contributed by atoms with Crippen LogP contribution in [0.1, 0.15) is 40.5 Å². The summed E-state index contributed by atoms with van der Waals surface area (Å²) in [5, 5.41) is 0. The van der Waals surface area contributed by atoms with E-state index >= 15 is 0 Å². The van der Waals surface area contributed by atoms with Crippen LogP contribution in [0.25, 0.3) is 0 Å². The first kappa shape index (κ1) is 9.61. The molecular formula is C12H21B. The van der Waals surface area contributed by atoms with E-state index in [0.29, 0.717) is 11.2 Å². The van der Waals surface area contributed by atoms with Crippen molar-refractivity contribution in [1.29, 1.82) is 0 Å². The molecule has 0 heterocycles. The molecule has 3 fully saturated rings. The zero-order valence-electron chi connectivity index (χ0n) is 9.38. The maximum Gasteiger partial charge on any atom is 0.0703 e. The first-order valence-electron chi connectivity index (χ1n) is 5.70. The fourth-order valence-electron chi connectivity index (χ4n) is 3.85. The first-order valence-corrected chi connectivity index (χ1v) is 5.70. The van der Waals surface area contributed by atoms with Crippen LogP contribution in [0.15, 0.2) is 0 Å². The van der Waals surface area contributed by atoms with Gasteiger partial charge in [0.1, 0.15) is 0 Å². The van der Waals surface area contributed by atoms with Crippen LogP contribution in [0.2, 0.25) is 5.82 Å². The summed E-state index contributed by atoms with van der Waals surface area (Å²) in [4.78, 5) is 0. The molecule has 4 atom stereocenters. The van der Waals surface area contributed by atoms with Crippen molar-refractivity contribution in [3.05, 3.63) is 0 Å². The highest BCUT2D eigenvalue weighted by molar-refractivity contribution is 6.12. The lowest BCUT2D eigenvalue weighted by atomic mass is 9.39. The fraction of sp³-hybridized carbons (Fsp3) is 1.00. The summed E-state index contributed by atoms with van der Waals surface area (Å²) < 4.78 is 0. The van der Waals surface area contributed by atoms with E-state index < -0.39 is 0 Å². The lowest BCUT2D eigenvalue weighted by molar-refractivity contribution is -0.116. The average molecular weight is 176 g/mol. The molecule has 0 spiro atoms. The minimum Gasteiger partial charge on any atom is -0.0738 e. The SMILES string of the molecule is [B][C@@H]1C[C@@H]2C[C@H]([C@H]1C(C)C)C2(C)C. The second-order valence-electron chi connectivity index (χ2n) is 6.08. The zero-order valence-corrected chi connectivity index (χ0v) is 9.38. The smallest absolute Gasteiger partial charge is 0.0703 e. The van der Waals surface area contributed by atoms with Crippen LogP contribution in [0.4, 0.5) is 0 Å². The Morgan fingerprint density at radius 3 is 2.23 bits per heavy atom. The molecule has 3 aliphatic carbocycles. The van der Waals surface area contributed by atoms with Gasteiger partial charge in [0.2, 0.25) is 0 Å². The molecule has 3 aliphatic rings. The van der Waals surface area contributed by atoms with Crippen molar-refractivity contribution in [1.82, 2.24) is 0 Å². The Balaban J connectivity index is 2.18. The Bertz CT molecular complexity index is 207. The molecule has 0 amide bonds. The molecule has 0 aromatic rings. The monoisotopic (exact) mass is 176 g/mol. The Labute approximate surface area is 83.9 Å². The summed E-state index contributed by atoms with van der Waals surface area (Å²) in [6.07, 6.45) is 2.72. The molecule has 0 aliphatic heterocycles. The molecule has 1 heteroatoms. The highest BCUT2D eigenvalue weighted by Crippen LogP contribution is 2.65. The molecule has 13 heavy (non-hydrogen) atoms. The Morgan fingerprint density at radius 2 is 1.85 bits per heavy atom. The summed E-state index contributed by atoms with van der Waals surface area (Å²) in [6.45, 7) is 9.54. The van der Waals surface area contributed by atoms with Gasteiger partial charge >= 0.3 is 0 Å². The van der Waals surface area contributed by atoms with E-state index in [9.17, 15) is 0 Å². The molecule has 0 unspecified atom stereocenters. The number of hydrogen-bond acceptors (Lipinski definition) is 0. The van der Waals surface area contributed by atoms with Crippen LogP contribution in [0.3, 0.4) is 0 Å². The van der Waals surface area contributed by atoms with Gasteiger partial charge in [-0.3, -0.25) is 0 Å². The third-order valence-electron chi connectivity index (χ3n) is 4.83. The van der Waals surface area contributed by atoms with Crippen LogP contribution in [-0.2, 0) is 0 Å². The van der Waals surface area contributed by atoms with Gasteiger partial charge in [-0.05, 0) is 35.5 Å². The van der Waals surface area contributed by atoms with Gasteiger partial charge in [0.15, 0.2) is 0 Å². The standard InChI is InChI=1S/C12H21B/c1-7(2)11-9-5-8(6-10(11)13)12(9,3)4/h7-11H,5-6H2,1-4H3/t8-,9+,10+,11+/m0/s1. The van der Waals surface area contributed by atoms with Crippen LogP contribution >= 0.6 is 0 Å². The number of fused-ring (bicyclic) bond motifs is 2. The van der Waals surface area contributed by atoms with Gasteiger partial charge in [-0.1, -0.05) is 39.9 Å². The maximum absolute atomic E-state index is 6.22. The molecule has 2 radical (unpaired) electrons. The largest absolute Gasteiger partial charge is 0.0738 e. The van der Waals surface area contributed by atoms with Crippen molar-refractivity contribution in [2.45, 2.75) is 46.4 Å². The van der Waals surface area contributed by atoms with Crippen LogP contribution in [0.5, 0.6) is 0 Å². The molecule has 2 bridgehead atoms. The van der Waals surface area contributed by atoms with Crippen LogP contribution in [-0.4, -0.2) is 7.85 Å². The third kappa shape index (κ3) is 1.19. The van der Waals surface area contributed by atoms with Crippen LogP contribution in [0, 0.1) is 29.1 Å². The maximum atomic E-state index is 6.22. The van der Waals surface area contributed by atoms with Crippen molar-refractivity contribution in [2.24, 2.45) is 29.1 Å². The summed E-state index contributed by atoms with van der Waals surface area (Å²) >= 11 is 0. The second-order valence-corrected chi connectivity index (χ2v) is 6.08. The molecule has 3 rings (SSSR count). The van der Waals surface area contributed by atoms with E-state index in [1.165, 1.54) is 12.8 Å². The van der Waals surface area contributed by atoms with Crippen molar-refractivity contribution in [3.8, 4) is 0 Å². The van der Waals surface area contributed by atoms with Gasteiger partial charge in [-0.25, -0.2) is 0 Å². The lowest BCUT2D eigenvalue weighted by Crippen LogP contribution is -2.55. The fourth-order valence-corrected chi connectivity index (χ4v) is 3.85. The minimum absolute atomic E-state index is 0.483. The second kappa shape index (κ2) is 2.78. The molecule has 0 aromatic carbocycles. The van der Waals surface area contributed by atoms with Gasteiger partial charge in [0.05, 0.1) is 7.85 Å². The predicted molar refractivity (Wildman–Crippen MR) is 57.8 cm³/mol. The van der Waals surface area contributed by atoms with Gasteiger partial charge in [-0.15, -0.1) is 0 Å². The van der Waals surface area contributed by atoms with E-state index in [1.54, 1.807) is 0 Å². The molecular weight excluding hydrogens is 155 g/mol. The van der Waals surface area contributed by atoms with Crippen molar-refractivity contribution in [2.75, 3.05) is 0 Å². The van der Waals surface area contributed by atoms with E-state index in [-0.39, 0.29) is 0 Å². The van der Waals surface area contributed by atoms with Gasteiger partial charge in [0.25, 0.3) is 0 Å². The molecule has 0 aromatic heterocycles. The van der Waals surface area contributed by atoms with Gasteiger partial charge in [-0.2, -0.15) is 0 Å². The van der Waals surface area contributed by atoms with Gasteiger partial charge in [0, 0.05) is 0 Å². The summed E-state index contributed by atoms with van der Waals surface area (Å²) in [5.74, 6) is 3.85. The molecule has 0 N–H and O–H groups in total. The topological polar surface area (TPSA) is 0 Å². The van der Waals surface area contributed by atoms with Gasteiger partial charge < -0.3 is 0 Å². The molecule has 0 saturated heterocycles. The highest BCUT2D eigenvalue weighted by atomic mass is 14.6. The summed E-state index contributed by atoms with van der Waals surface area (Å²) in [5.41, 5.74) is 0.588. The molecule has 0 nitrogen and oxygen atoms in total. The Kier molecular flexibility index (Phi) is 2.05. The zero-order chi connectivity index (χ0) is 9.80. The Morgan fingerprint density at radius 1 is 1.23 bits per heavy atom. The van der Waals surface area contributed by atoms with Crippen molar-refractivity contribution < 1.29 is 0 Å². The minimum atomic E-state index is 0.483. The summed E-state index contributed by atoms with van der Waals surface area (Å²) in [7, 11) is 6.22. The van der Waals surface area contributed by atoms with Crippen molar-refractivity contribution >= 4 is 7.85 Å². The lowest BCUT2D eigenvalue weighted by Gasteiger charge is -2.63. The van der Waals surface area contributed by atoms with Crippen molar-refractivity contribution in [3.63, 3.8) is 0 Å². The normalized spacial score (nSPS) is 47.5. The molecule has 3 saturated carbocycles. The van der Waals surface area contributed by atoms with E-state index in [2.05, 4.69) is 27.7 Å². The number of rotatable bonds is 1. The summed E-state index contributed by atoms with van der Waals surface area (Å²) in [6, 6.07) is 0. The van der Waals surface area contributed by atoms with E-state index in [0.717, 1.165) is 23.7 Å². The third-order valence-corrected chi connectivity index (χ3v) is 4.83. The Hall–Kier alpha value is 0.0649. The number of hydrogen-bond donors (Lipinski definition) is 0. The first-order chi connectivity index (χ1) is 5.94. The van der Waals surface area contributed by atoms with E-state index in [4.69, 9.17) is 7.85 Å². The highest BCUT2D eigenvalue weighted by Gasteiger charge is 2.56. The van der Waals surface area contributed by atoms with Crippen LogP contribution < -0.4 is 0 Å². The van der Waals surface area contributed by atoms with E-state index in [1.807, 2.05) is 0 Å². The predicted octanol–water partition coefficient (Wildman–Crippen LogP) is 3.28. The average Bonchev–Trinajstić information content (AvgIpc) is 2.03. The molecule has 72 valence electrons. The quantitative estimate of drug-likeness (QED) is 0.538.